The van der Waals surface area contributed by atoms with Crippen molar-refractivity contribution >= 4 is 39.4 Å². The minimum Gasteiger partial charge on any atom is -0.423 e. The number of carbonyl (C=O) groups is 3. The Morgan fingerprint density at radius 1 is 0.963 bits per heavy atom. The molecule has 1 saturated carbocycles. The summed E-state index contributed by atoms with van der Waals surface area (Å²) in [6.07, 6.45) is 3.48. The number of halogens is 1. The van der Waals surface area contributed by atoms with Crippen LogP contribution >= 0.6 is 15.9 Å². The van der Waals surface area contributed by atoms with E-state index in [-0.39, 0.29) is 23.7 Å². The molecule has 0 bridgehead atoms. The monoisotopic (exact) mass is 427 g/mol. The predicted octanol–water partition coefficient (Wildman–Crippen LogP) is 4.35. The normalized spacial score (nSPS) is 21.9. The zero-order valence-electron chi connectivity index (χ0n) is 14.6. The van der Waals surface area contributed by atoms with Gasteiger partial charge in [0.25, 0.3) is 0 Å². The number of esters is 1. The number of rotatable bonds is 3. The number of hydrogen-bond donors (Lipinski definition) is 0. The van der Waals surface area contributed by atoms with Crippen LogP contribution in [0.1, 0.15) is 36.0 Å². The molecule has 2 fully saturated rings. The first-order valence-corrected chi connectivity index (χ1v) is 9.79. The van der Waals surface area contributed by atoms with Crippen molar-refractivity contribution in [1.29, 1.82) is 0 Å². The number of anilines is 1. The van der Waals surface area contributed by atoms with Crippen molar-refractivity contribution in [3.8, 4) is 5.75 Å². The fourth-order valence-corrected chi connectivity index (χ4v) is 4.12. The SMILES string of the molecule is O=C(Oc1ccc(Br)cc1)c1cccc(N2C(=O)C3CCCCC3C2=O)c1. The van der Waals surface area contributed by atoms with Crippen molar-refractivity contribution in [3.05, 3.63) is 58.6 Å². The van der Waals surface area contributed by atoms with Crippen LogP contribution in [-0.4, -0.2) is 17.8 Å². The van der Waals surface area contributed by atoms with Gasteiger partial charge in [-0.1, -0.05) is 34.8 Å². The molecule has 1 saturated heterocycles. The Hall–Kier alpha value is -2.47. The highest BCUT2D eigenvalue weighted by Crippen LogP contribution is 2.40. The summed E-state index contributed by atoms with van der Waals surface area (Å²) in [4.78, 5) is 39.2. The van der Waals surface area contributed by atoms with Crippen LogP contribution in [0.3, 0.4) is 0 Å². The molecule has 2 amide bonds. The van der Waals surface area contributed by atoms with Crippen molar-refractivity contribution in [2.75, 3.05) is 4.90 Å². The van der Waals surface area contributed by atoms with Gasteiger partial charge >= 0.3 is 5.97 Å². The van der Waals surface area contributed by atoms with E-state index in [0.717, 1.165) is 30.2 Å². The van der Waals surface area contributed by atoms with E-state index in [1.807, 2.05) is 0 Å². The number of hydrogen-bond acceptors (Lipinski definition) is 4. The van der Waals surface area contributed by atoms with Crippen LogP contribution in [0.4, 0.5) is 5.69 Å². The number of imide groups is 1. The quantitative estimate of drug-likeness (QED) is 0.414. The van der Waals surface area contributed by atoms with Gasteiger partial charge in [0.2, 0.25) is 11.8 Å². The second-order valence-electron chi connectivity index (χ2n) is 6.90. The van der Waals surface area contributed by atoms with Gasteiger partial charge < -0.3 is 4.74 Å². The average Bonchev–Trinajstić information content (AvgIpc) is 2.95. The fourth-order valence-electron chi connectivity index (χ4n) is 3.86. The lowest BCUT2D eigenvalue weighted by molar-refractivity contribution is -0.122. The summed E-state index contributed by atoms with van der Waals surface area (Å²) in [7, 11) is 0. The molecule has 2 aromatic rings. The summed E-state index contributed by atoms with van der Waals surface area (Å²) in [5, 5.41) is 0. The van der Waals surface area contributed by atoms with E-state index in [0.29, 0.717) is 17.0 Å². The zero-order valence-corrected chi connectivity index (χ0v) is 16.1. The lowest BCUT2D eigenvalue weighted by Gasteiger charge is -2.19. The van der Waals surface area contributed by atoms with Crippen LogP contribution < -0.4 is 9.64 Å². The highest BCUT2D eigenvalue weighted by molar-refractivity contribution is 9.10. The number of carbonyl (C=O) groups excluding carboxylic acids is 3. The van der Waals surface area contributed by atoms with E-state index < -0.39 is 5.97 Å². The van der Waals surface area contributed by atoms with Gasteiger partial charge in [0.1, 0.15) is 5.75 Å². The zero-order chi connectivity index (χ0) is 19.0. The van der Waals surface area contributed by atoms with E-state index in [9.17, 15) is 14.4 Å². The Balaban J connectivity index is 1.57. The van der Waals surface area contributed by atoms with Crippen molar-refractivity contribution in [2.24, 2.45) is 11.8 Å². The van der Waals surface area contributed by atoms with Crippen molar-refractivity contribution in [2.45, 2.75) is 25.7 Å². The maximum atomic E-state index is 12.7. The van der Waals surface area contributed by atoms with Crippen molar-refractivity contribution in [3.63, 3.8) is 0 Å². The van der Waals surface area contributed by atoms with Gasteiger partial charge in [-0.25, -0.2) is 4.79 Å². The van der Waals surface area contributed by atoms with Gasteiger partial charge in [-0.2, -0.15) is 0 Å². The first-order chi connectivity index (χ1) is 13.0. The molecule has 27 heavy (non-hydrogen) atoms. The predicted molar refractivity (Wildman–Crippen MR) is 103 cm³/mol. The number of benzene rings is 2. The van der Waals surface area contributed by atoms with E-state index in [1.54, 1.807) is 48.5 Å². The smallest absolute Gasteiger partial charge is 0.343 e. The summed E-state index contributed by atoms with van der Waals surface area (Å²) in [6, 6.07) is 13.4. The van der Waals surface area contributed by atoms with Crippen LogP contribution in [0.15, 0.2) is 53.0 Å². The van der Waals surface area contributed by atoms with E-state index >= 15 is 0 Å². The van der Waals surface area contributed by atoms with Crippen LogP contribution in [0, 0.1) is 11.8 Å². The maximum absolute atomic E-state index is 12.7. The molecule has 2 aromatic carbocycles. The molecule has 5 nitrogen and oxygen atoms in total. The molecule has 2 unspecified atom stereocenters. The minimum atomic E-state index is -0.532. The largest absolute Gasteiger partial charge is 0.423 e. The summed E-state index contributed by atoms with van der Waals surface area (Å²) in [5.74, 6) is -0.843. The second kappa shape index (κ2) is 7.27. The van der Waals surface area contributed by atoms with Crippen molar-refractivity contribution in [1.82, 2.24) is 0 Å². The highest BCUT2D eigenvalue weighted by atomic mass is 79.9. The molecule has 0 N–H and O–H groups in total. The lowest BCUT2D eigenvalue weighted by atomic mass is 9.81. The van der Waals surface area contributed by atoms with Crippen LogP contribution in [0.2, 0.25) is 0 Å². The minimum absolute atomic E-state index is 0.150. The Labute approximate surface area is 165 Å². The van der Waals surface area contributed by atoms with Crippen molar-refractivity contribution < 1.29 is 19.1 Å². The second-order valence-corrected chi connectivity index (χ2v) is 7.82. The molecule has 0 aromatic heterocycles. The van der Waals surface area contributed by atoms with Gasteiger partial charge in [-0.15, -0.1) is 0 Å². The third-order valence-corrected chi connectivity index (χ3v) is 5.73. The Morgan fingerprint density at radius 2 is 1.59 bits per heavy atom. The molecule has 2 aliphatic rings. The van der Waals surface area contributed by atoms with E-state index in [2.05, 4.69) is 15.9 Å². The molecule has 1 aliphatic heterocycles. The van der Waals surface area contributed by atoms with Crippen LogP contribution in [-0.2, 0) is 9.59 Å². The summed E-state index contributed by atoms with van der Waals surface area (Å²) in [6.45, 7) is 0. The fraction of sp³-hybridized carbons (Fsp3) is 0.286. The number of amides is 2. The van der Waals surface area contributed by atoms with Crippen LogP contribution in [0.5, 0.6) is 5.75 Å². The molecule has 0 spiro atoms. The third kappa shape index (κ3) is 3.41. The molecule has 138 valence electrons. The number of fused-ring (bicyclic) bond motifs is 1. The summed E-state index contributed by atoms with van der Waals surface area (Å²) < 4.78 is 6.26. The molecular formula is C21H18BrNO4. The third-order valence-electron chi connectivity index (χ3n) is 5.21. The molecule has 4 rings (SSSR count). The van der Waals surface area contributed by atoms with Gasteiger partial charge in [0.15, 0.2) is 0 Å². The van der Waals surface area contributed by atoms with Gasteiger partial charge in [0, 0.05) is 4.47 Å². The molecule has 6 heteroatoms. The summed E-state index contributed by atoms with van der Waals surface area (Å²) >= 11 is 3.33. The molecule has 1 heterocycles. The molecular weight excluding hydrogens is 410 g/mol. The topological polar surface area (TPSA) is 63.7 Å². The molecule has 2 atom stereocenters. The average molecular weight is 428 g/mol. The first kappa shape index (κ1) is 17.9. The molecule has 1 aliphatic carbocycles. The maximum Gasteiger partial charge on any atom is 0.343 e. The van der Waals surface area contributed by atoms with E-state index in [4.69, 9.17) is 4.74 Å². The van der Waals surface area contributed by atoms with Gasteiger partial charge in [-0.05, 0) is 55.3 Å². The highest BCUT2D eigenvalue weighted by Gasteiger charge is 2.48. The Kier molecular flexibility index (Phi) is 4.83. The van der Waals surface area contributed by atoms with Gasteiger partial charge in [0.05, 0.1) is 23.1 Å². The standard InChI is InChI=1S/C21H18BrNO4/c22-14-8-10-16(11-9-14)27-21(26)13-4-3-5-15(12-13)23-19(24)17-6-1-2-7-18(17)20(23)25/h3-5,8-12,17-18H,1-2,6-7H2. The Bertz CT molecular complexity index is 885. The first-order valence-electron chi connectivity index (χ1n) is 9.00. The number of nitrogens with zero attached hydrogens (tertiary/aromatic N) is 1. The lowest BCUT2D eigenvalue weighted by Crippen LogP contribution is -2.31. The molecule has 0 radical (unpaired) electrons. The summed E-state index contributed by atoms with van der Waals surface area (Å²) in [5.41, 5.74) is 0.732. The number of ether oxygens (including phenoxy) is 1. The van der Waals surface area contributed by atoms with Gasteiger partial charge in [-0.3, -0.25) is 14.5 Å². The Morgan fingerprint density at radius 3 is 2.22 bits per heavy atom. The van der Waals surface area contributed by atoms with E-state index in [1.165, 1.54) is 4.90 Å². The van der Waals surface area contributed by atoms with Crippen LogP contribution in [0.25, 0.3) is 0 Å².